The summed E-state index contributed by atoms with van der Waals surface area (Å²) in [6, 6.07) is -1.40. The molecule has 1 heterocycles. The summed E-state index contributed by atoms with van der Waals surface area (Å²) < 4.78 is 0. The second kappa shape index (κ2) is 7.74. The Morgan fingerprint density at radius 3 is 2.70 bits per heavy atom. The lowest BCUT2D eigenvalue weighted by Crippen LogP contribution is -2.52. The molecule has 0 spiro atoms. The van der Waals surface area contributed by atoms with Gasteiger partial charge >= 0.3 is 0 Å². The fourth-order valence-corrected chi connectivity index (χ4v) is 2.38. The van der Waals surface area contributed by atoms with Crippen molar-refractivity contribution in [2.45, 2.75) is 44.7 Å². The van der Waals surface area contributed by atoms with Crippen LogP contribution in [0.25, 0.3) is 0 Å². The van der Waals surface area contributed by atoms with Gasteiger partial charge in [0.05, 0.1) is 12.6 Å². The third-order valence-electron chi connectivity index (χ3n) is 3.40. The fourth-order valence-electron chi connectivity index (χ4n) is 2.38. The van der Waals surface area contributed by atoms with E-state index in [1.807, 2.05) is 6.92 Å². The van der Waals surface area contributed by atoms with Crippen molar-refractivity contribution < 1.29 is 19.2 Å². The van der Waals surface area contributed by atoms with Crippen LogP contribution in [0.2, 0.25) is 0 Å². The van der Waals surface area contributed by atoms with Gasteiger partial charge in [-0.25, -0.2) is 0 Å². The van der Waals surface area contributed by atoms with Crippen molar-refractivity contribution in [1.82, 2.24) is 10.2 Å². The molecule has 0 aromatic carbocycles. The first-order valence-electron chi connectivity index (χ1n) is 6.84. The highest BCUT2D eigenvalue weighted by atomic mass is 16.2. The predicted octanol–water partition coefficient (Wildman–Crippen LogP) is -1.01. The number of Topliss-reactive ketones (excluding diaryl/α,β-unsaturated/α-hetero) is 1. The van der Waals surface area contributed by atoms with E-state index in [0.29, 0.717) is 25.8 Å². The molecule has 112 valence electrons. The molecule has 0 saturated carbocycles. The third kappa shape index (κ3) is 3.86. The van der Waals surface area contributed by atoms with Gasteiger partial charge in [-0.2, -0.15) is 0 Å². The Bertz CT molecular complexity index is 397. The molecule has 1 aliphatic rings. The number of hydrogen-bond acceptors (Lipinski definition) is 5. The van der Waals surface area contributed by atoms with Crippen molar-refractivity contribution in [1.29, 1.82) is 0 Å². The standard InChI is InChI=1S/C13H21N3O4/c1-2-4-9(11(18)8-17)15-13(20)10-5-3-6-16(10)12(19)7-14/h8-10H,2-7,14H2,1H3,(H,15,20)/t9?,10-/m0/s1. The van der Waals surface area contributed by atoms with E-state index in [-0.39, 0.29) is 18.7 Å². The van der Waals surface area contributed by atoms with Gasteiger partial charge in [0.2, 0.25) is 17.6 Å². The summed E-state index contributed by atoms with van der Waals surface area (Å²) in [4.78, 5) is 47.2. The highest BCUT2D eigenvalue weighted by molar-refractivity contribution is 6.28. The van der Waals surface area contributed by atoms with E-state index < -0.39 is 23.8 Å². The minimum atomic E-state index is -0.805. The van der Waals surface area contributed by atoms with Gasteiger partial charge in [0, 0.05) is 6.54 Å². The molecule has 1 aliphatic heterocycles. The van der Waals surface area contributed by atoms with Gasteiger partial charge in [-0.05, 0) is 19.3 Å². The number of hydrogen-bond donors (Lipinski definition) is 2. The lowest BCUT2D eigenvalue weighted by molar-refractivity contribution is -0.139. The molecule has 0 aliphatic carbocycles. The first-order valence-corrected chi connectivity index (χ1v) is 6.84. The molecule has 0 aromatic rings. The number of nitrogens with two attached hydrogens (primary N) is 1. The maximum Gasteiger partial charge on any atom is 0.243 e. The summed E-state index contributed by atoms with van der Waals surface area (Å²) in [7, 11) is 0. The van der Waals surface area contributed by atoms with Crippen LogP contribution in [0.5, 0.6) is 0 Å². The van der Waals surface area contributed by atoms with Crippen LogP contribution < -0.4 is 11.1 Å². The van der Waals surface area contributed by atoms with Crippen LogP contribution in [0.1, 0.15) is 32.6 Å². The Kier molecular flexibility index (Phi) is 6.30. The minimum absolute atomic E-state index is 0.143. The summed E-state index contributed by atoms with van der Waals surface area (Å²) in [6.45, 7) is 2.21. The average Bonchev–Trinajstić information content (AvgIpc) is 2.94. The number of likely N-dealkylation sites (tertiary alicyclic amines) is 1. The summed E-state index contributed by atoms with van der Waals surface area (Å²) in [5, 5.41) is 2.57. The highest BCUT2D eigenvalue weighted by Gasteiger charge is 2.34. The Morgan fingerprint density at radius 1 is 1.45 bits per heavy atom. The molecule has 7 nitrogen and oxygen atoms in total. The molecular weight excluding hydrogens is 262 g/mol. The third-order valence-corrected chi connectivity index (χ3v) is 3.40. The predicted molar refractivity (Wildman–Crippen MR) is 71.7 cm³/mol. The fraction of sp³-hybridized carbons (Fsp3) is 0.692. The lowest BCUT2D eigenvalue weighted by atomic mass is 10.1. The molecule has 0 bridgehead atoms. The second-order valence-corrected chi connectivity index (χ2v) is 4.82. The zero-order valence-corrected chi connectivity index (χ0v) is 11.6. The summed E-state index contributed by atoms with van der Waals surface area (Å²) in [5.41, 5.74) is 5.31. The van der Waals surface area contributed by atoms with Gasteiger partial charge in [-0.3, -0.25) is 19.2 Å². The van der Waals surface area contributed by atoms with Crippen LogP contribution >= 0.6 is 0 Å². The summed E-state index contributed by atoms with van der Waals surface area (Å²) >= 11 is 0. The highest BCUT2D eigenvalue weighted by Crippen LogP contribution is 2.17. The quantitative estimate of drug-likeness (QED) is 0.459. The van der Waals surface area contributed by atoms with Crippen molar-refractivity contribution in [2.75, 3.05) is 13.1 Å². The van der Waals surface area contributed by atoms with Crippen LogP contribution in [-0.2, 0) is 19.2 Å². The SMILES string of the molecule is CCCC(NC(=O)[C@@H]1CCCN1C(=O)CN)C(=O)C=O. The number of carbonyl (C=O) groups excluding carboxylic acids is 4. The van der Waals surface area contributed by atoms with E-state index in [4.69, 9.17) is 5.73 Å². The van der Waals surface area contributed by atoms with Gasteiger partial charge in [-0.15, -0.1) is 0 Å². The molecule has 1 unspecified atom stereocenters. The number of aldehydes is 1. The van der Waals surface area contributed by atoms with E-state index in [1.54, 1.807) is 0 Å². The molecule has 2 atom stereocenters. The van der Waals surface area contributed by atoms with Crippen LogP contribution in [0.3, 0.4) is 0 Å². The molecular formula is C13H21N3O4. The van der Waals surface area contributed by atoms with E-state index >= 15 is 0 Å². The summed E-state index contributed by atoms with van der Waals surface area (Å²) in [6.07, 6.45) is 2.56. The maximum atomic E-state index is 12.2. The number of amides is 2. The second-order valence-electron chi connectivity index (χ2n) is 4.82. The van der Waals surface area contributed by atoms with Gasteiger partial charge < -0.3 is 16.0 Å². The molecule has 3 N–H and O–H groups in total. The van der Waals surface area contributed by atoms with E-state index in [9.17, 15) is 19.2 Å². The van der Waals surface area contributed by atoms with Crippen molar-refractivity contribution in [2.24, 2.45) is 5.73 Å². The maximum absolute atomic E-state index is 12.2. The van der Waals surface area contributed by atoms with E-state index in [0.717, 1.165) is 6.42 Å². The van der Waals surface area contributed by atoms with Crippen molar-refractivity contribution in [3.8, 4) is 0 Å². The van der Waals surface area contributed by atoms with Crippen LogP contribution in [0.15, 0.2) is 0 Å². The zero-order valence-electron chi connectivity index (χ0n) is 11.6. The topological polar surface area (TPSA) is 110 Å². The minimum Gasteiger partial charge on any atom is -0.344 e. The molecule has 0 aromatic heterocycles. The van der Waals surface area contributed by atoms with Crippen molar-refractivity contribution >= 4 is 23.9 Å². The van der Waals surface area contributed by atoms with E-state index in [1.165, 1.54) is 4.90 Å². The van der Waals surface area contributed by atoms with Gasteiger partial charge in [0.1, 0.15) is 6.04 Å². The van der Waals surface area contributed by atoms with Crippen LogP contribution in [-0.4, -0.2) is 54.0 Å². The number of nitrogens with one attached hydrogen (secondary N) is 1. The average molecular weight is 283 g/mol. The molecule has 2 amide bonds. The molecule has 1 rings (SSSR count). The van der Waals surface area contributed by atoms with E-state index in [2.05, 4.69) is 5.32 Å². The largest absolute Gasteiger partial charge is 0.344 e. The molecule has 1 saturated heterocycles. The van der Waals surface area contributed by atoms with Crippen molar-refractivity contribution in [3.05, 3.63) is 0 Å². The van der Waals surface area contributed by atoms with Crippen molar-refractivity contribution in [3.63, 3.8) is 0 Å². The van der Waals surface area contributed by atoms with Crippen LogP contribution in [0, 0.1) is 0 Å². The number of carbonyl (C=O) groups is 4. The Labute approximate surface area is 117 Å². The normalized spacial score (nSPS) is 19.5. The Balaban J connectivity index is 2.70. The molecule has 1 fully saturated rings. The first kappa shape index (κ1) is 16.3. The molecule has 7 heteroatoms. The number of ketones is 1. The smallest absolute Gasteiger partial charge is 0.243 e. The molecule has 0 radical (unpaired) electrons. The van der Waals surface area contributed by atoms with Gasteiger partial charge in [-0.1, -0.05) is 13.3 Å². The lowest BCUT2D eigenvalue weighted by Gasteiger charge is -2.25. The Morgan fingerprint density at radius 2 is 2.15 bits per heavy atom. The summed E-state index contributed by atoms with van der Waals surface area (Å²) in [5.74, 6) is -1.32. The molecule has 20 heavy (non-hydrogen) atoms. The number of nitrogens with zero attached hydrogens (tertiary/aromatic N) is 1. The van der Waals surface area contributed by atoms with Gasteiger partial charge in [0.15, 0.2) is 6.29 Å². The van der Waals surface area contributed by atoms with Crippen LogP contribution in [0.4, 0.5) is 0 Å². The number of rotatable bonds is 7. The Hall–Kier alpha value is -1.76. The first-order chi connectivity index (χ1) is 9.54. The monoisotopic (exact) mass is 283 g/mol. The van der Waals surface area contributed by atoms with Gasteiger partial charge in [0.25, 0.3) is 0 Å². The zero-order chi connectivity index (χ0) is 15.1.